The standard InChI is InChI=1S/C17H20ClF3N4.C5H11NO.C2H4O.C2H6/c1-4-7-14(24-11-18)13(5-2)16(22-3)23-10-12-8-6-9-15(25-12)17(19,20)21;1-6-2-4-7-5-3-6;1-2-3;1-2/h6,8-10H,3-5,7,11H2,1-2H3;2-5H2,1H3;2H,1H3;1-2H3/b16-13+,23-10+,24-14-;;;. The number of aldehydes is 1. The van der Waals surface area contributed by atoms with Crippen LogP contribution in [0.1, 0.15) is 65.3 Å². The minimum absolute atomic E-state index is 0.0813. The Hall–Kier alpha value is -2.43. The number of pyridine rings is 1. The molecule has 0 bridgehead atoms. The number of nitrogens with zero attached hydrogens (tertiary/aromatic N) is 5. The predicted molar refractivity (Wildman–Crippen MR) is 148 cm³/mol. The zero-order chi connectivity index (χ0) is 28.7. The molecule has 1 aromatic rings. The van der Waals surface area contributed by atoms with E-state index in [-0.39, 0.29) is 11.7 Å². The minimum atomic E-state index is -4.50. The van der Waals surface area contributed by atoms with Crippen LogP contribution in [0.3, 0.4) is 0 Å². The average Bonchev–Trinajstić information content (AvgIpc) is 2.89. The summed E-state index contributed by atoms with van der Waals surface area (Å²) in [6, 6.07) is 3.73. The summed E-state index contributed by atoms with van der Waals surface area (Å²) in [5, 5.41) is 0. The number of carbonyl (C=O) groups excluding carboxylic acids is 1. The van der Waals surface area contributed by atoms with Gasteiger partial charge in [-0.1, -0.05) is 40.2 Å². The minimum Gasteiger partial charge on any atom is -0.379 e. The van der Waals surface area contributed by atoms with Crippen LogP contribution in [0.25, 0.3) is 0 Å². The first-order valence-corrected chi connectivity index (χ1v) is 12.8. The second-order valence-corrected chi connectivity index (χ2v) is 7.38. The highest BCUT2D eigenvalue weighted by atomic mass is 35.5. The molecule has 0 unspecified atom stereocenters. The summed E-state index contributed by atoms with van der Waals surface area (Å²) < 4.78 is 43.3. The van der Waals surface area contributed by atoms with Crippen LogP contribution in [-0.4, -0.2) is 74.2 Å². The Balaban J connectivity index is 0. The van der Waals surface area contributed by atoms with Gasteiger partial charge >= 0.3 is 6.18 Å². The van der Waals surface area contributed by atoms with Crippen molar-refractivity contribution in [2.75, 3.05) is 39.4 Å². The maximum atomic E-state index is 12.7. The third-order valence-corrected chi connectivity index (χ3v) is 4.59. The van der Waals surface area contributed by atoms with E-state index in [2.05, 4.69) is 38.6 Å². The van der Waals surface area contributed by atoms with Gasteiger partial charge in [0, 0.05) is 24.4 Å². The smallest absolute Gasteiger partial charge is 0.379 e. The van der Waals surface area contributed by atoms with Gasteiger partial charge in [0.2, 0.25) is 0 Å². The highest BCUT2D eigenvalue weighted by Crippen LogP contribution is 2.27. The summed E-state index contributed by atoms with van der Waals surface area (Å²) in [6.45, 7) is 16.9. The predicted octanol–water partition coefficient (Wildman–Crippen LogP) is 6.46. The molecule has 2 heterocycles. The van der Waals surface area contributed by atoms with E-state index in [0.717, 1.165) is 56.4 Å². The van der Waals surface area contributed by atoms with Gasteiger partial charge in [-0.3, -0.25) is 4.99 Å². The Morgan fingerprint density at radius 3 is 2.24 bits per heavy atom. The van der Waals surface area contributed by atoms with Crippen molar-refractivity contribution in [3.8, 4) is 0 Å². The van der Waals surface area contributed by atoms with Crippen molar-refractivity contribution in [3.05, 3.63) is 41.0 Å². The molecule has 37 heavy (non-hydrogen) atoms. The number of aliphatic imine (C=N–C) groups is 3. The molecule has 1 aromatic heterocycles. The SMILES string of the molecule is C=NC(/N=C/c1cccc(C(F)(F)F)n1)=C(CC)\C(CCC)=N/CCl.CC.CC=O.CN1CCOCC1. The van der Waals surface area contributed by atoms with Gasteiger partial charge < -0.3 is 14.4 Å². The van der Waals surface area contributed by atoms with Crippen molar-refractivity contribution in [3.63, 3.8) is 0 Å². The molecule has 11 heteroatoms. The molecule has 0 spiro atoms. The number of carbonyl (C=O) groups is 1. The van der Waals surface area contributed by atoms with Crippen LogP contribution in [0.2, 0.25) is 0 Å². The van der Waals surface area contributed by atoms with E-state index in [1.54, 1.807) is 0 Å². The molecule has 1 fully saturated rings. The van der Waals surface area contributed by atoms with Crippen molar-refractivity contribution in [2.24, 2.45) is 15.0 Å². The Bertz CT molecular complexity index is 853. The van der Waals surface area contributed by atoms with E-state index < -0.39 is 11.9 Å². The Labute approximate surface area is 224 Å². The number of allylic oxidation sites excluding steroid dienone is 1. The number of hydrogen-bond acceptors (Lipinski definition) is 7. The molecule has 0 amide bonds. The van der Waals surface area contributed by atoms with Gasteiger partial charge in [0.05, 0.1) is 25.1 Å². The lowest BCUT2D eigenvalue weighted by atomic mass is 10.0. The van der Waals surface area contributed by atoms with E-state index in [9.17, 15) is 13.2 Å². The number of rotatable bonds is 8. The van der Waals surface area contributed by atoms with Gasteiger partial charge in [0.15, 0.2) is 5.82 Å². The van der Waals surface area contributed by atoms with Crippen molar-refractivity contribution in [2.45, 2.75) is 60.1 Å². The van der Waals surface area contributed by atoms with E-state index in [1.165, 1.54) is 25.3 Å². The molecule has 1 aliphatic heterocycles. The summed E-state index contributed by atoms with van der Waals surface area (Å²) >= 11 is 5.70. The number of likely N-dealkylation sites (N-methyl/N-ethyl adjacent to an activating group) is 1. The average molecular weight is 548 g/mol. The largest absolute Gasteiger partial charge is 0.433 e. The number of hydrogen-bond donors (Lipinski definition) is 0. The molecular formula is C26H41ClF3N5O2. The first-order valence-electron chi connectivity index (χ1n) is 12.2. The molecule has 210 valence electrons. The fourth-order valence-corrected chi connectivity index (χ4v) is 2.95. The highest BCUT2D eigenvalue weighted by molar-refractivity contribution is 6.18. The normalized spacial score (nSPS) is 14.7. The molecule has 0 aliphatic carbocycles. The summed E-state index contributed by atoms with van der Waals surface area (Å²) in [5.41, 5.74) is 0.648. The Morgan fingerprint density at radius 2 is 1.84 bits per heavy atom. The topological polar surface area (TPSA) is 79.5 Å². The lowest BCUT2D eigenvalue weighted by Gasteiger charge is -2.21. The zero-order valence-corrected chi connectivity index (χ0v) is 23.6. The molecule has 0 saturated carbocycles. The van der Waals surface area contributed by atoms with Crippen LogP contribution in [0.15, 0.2) is 44.6 Å². The van der Waals surface area contributed by atoms with E-state index >= 15 is 0 Å². The zero-order valence-electron chi connectivity index (χ0n) is 22.8. The van der Waals surface area contributed by atoms with Crippen molar-refractivity contribution >= 4 is 36.5 Å². The van der Waals surface area contributed by atoms with Crippen LogP contribution >= 0.6 is 11.6 Å². The van der Waals surface area contributed by atoms with Gasteiger partial charge in [0.25, 0.3) is 0 Å². The molecule has 0 radical (unpaired) electrons. The summed E-state index contributed by atoms with van der Waals surface area (Å²) in [7, 11) is 2.11. The van der Waals surface area contributed by atoms with E-state index in [4.69, 9.17) is 21.1 Å². The lowest BCUT2D eigenvalue weighted by Crippen LogP contribution is -2.32. The Kier molecular flexibility index (Phi) is 22.6. The van der Waals surface area contributed by atoms with Crippen LogP contribution < -0.4 is 0 Å². The van der Waals surface area contributed by atoms with Gasteiger partial charge in [-0.15, -0.1) is 11.6 Å². The summed E-state index contributed by atoms with van der Waals surface area (Å²) in [6.07, 6.45) is -0.361. The molecule has 1 saturated heterocycles. The van der Waals surface area contributed by atoms with Crippen molar-refractivity contribution < 1.29 is 22.7 Å². The Morgan fingerprint density at radius 1 is 1.24 bits per heavy atom. The second-order valence-electron chi connectivity index (χ2n) is 7.14. The number of aromatic nitrogens is 1. The number of morpholine rings is 1. The fraction of sp³-hybridized carbons (Fsp3) is 0.577. The number of ether oxygens (including phenoxy) is 1. The van der Waals surface area contributed by atoms with Crippen LogP contribution in [0.5, 0.6) is 0 Å². The van der Waals surface area contributed by atoms with Crippen LogP contribution in [0, 0.1) is 0 Å². The van der Waals surface area contributed by atoms with Gasteiger partial charge in [-0.25, -0.2) is 15.0 Å². The van der Waals surface area contributed by atoms with Crippen LogP contribution in [0.4, 0.5) is 13.2 Å². The van der Waals surface area contributed by atoms with Gasteiger partial charge in [-0.2, -0.15) is 13.2 Å². The second kappa shape index (κ2) is 22.7. The van der Waals surface area contributed by atoms with Crippen molar-refractivity contribution in [1.82, 2.24) is 9.88 Å². The quantitative estimate of drug-likeness (QED) is 0.162. The maximum Gasteiger partial charge on any atom is 0.433 e. The molecule has 1 aliphatic rings. The van der Waals surface area contributed by atoms with Crippen LogP contribution in [-0.2, 0) is 15.7 Å². The number of alkyl halides is 4. The maximum absolute atomic E-state index is 12.7. The van der Waals surface area contributed by atoms with E-state index in [1.807, 2.05) is 27.7 Å². The first-order chi connectivity index (χ1) is 17.7. The monoisotopic (exact) mass is 547 g/mol. The molecular weight excluding hydrogens is 507 g/mol. The first kappa shape index (κ1) is 36.7. The van der Waals surface area contributed by atoms with Gasteiger partial charge in [0.1, 0.15) is 18.0 Å². The summed E-state index contributed by atoms with van der Waals surface area (Å²) in [5.74, 6) is 0.305. The lowest BCUT2D eigenvalue weighted by molar-refractivity contribution is -0.141. The van der Waals surface area contributed by atoms with Crippen molar-refractivity contribution in [1.29, 1.82) is 0 Å². The highest BCUT2D eigenvalue weighted by Gasteiger charge is 2.32. The third-order valence-electron chi connectivity index (χ3n) is 4.47. The fourth-order valence-electron chi connectivity index (χ4n) is 2.80. The third kappa shape index (κ3) is 16.8. The summed E-state index contributed by atoms with van der Waals surface area (Å²) in [4.78, 5) is 26.9. The molecule has 0 atom stereocenters. The molecule has 0 aromatic carbocycles. The molecule has 7 nitrogen and oxygen atoms in total. The number of halogens is 4. The van der Waals surface area contributed by atoms with E-state index in [0.29, 0.717) is 18.7 Å². The van der Waals surface area contributed by atoms with Gasteiger partial charge in [-0.05, 0) is 45.7 Å². The molecule has 0 N–H and O–H groups in total. The molecule has 2 rings (SSSR count).